The fourth-order valence-corrected chi connectivity index (χ4v) is 2.64. The molecule has 0 fully saturated rings. The molecule has 3 aromatic rings. The molecule has 3 aromatic carbocycles. The number of anilines is 1. The standard InChI is InChI=1S/C22H18F2N2O2/c1-14(17-9-12-19(23)20(24)13-17)25-21(27)16-7-10-18(11-8-16)26-22(28)15-5-3-2-4-6-15/h2-14H,1H3,(H,25,27)(H,26,28). The zero-order chi connectivity index (χ0) is 20.1. The topological polar surface area (TPSA) is 58.2 Å². The second-order valence-corrected chi connectivity index (χ2v) is 6.27. The van der Waals surface area contributed by atoms with Crippen LogP contribution in [-0.4, -0.2) is 11.8 Å². The summed E-state index contributed by atoms with van der Waals surface area (Å²) in [6.45, 7) is 1.68. The summed E-state index contributed by atoms with van der Waals surface area (Å²) in [5, 5.41) is 5.48. The molecule has 28 heavy (non-hydrogen) atoms. The minimum absolute atomic E-state index is 0.246. The van der Waals surface area contributed by atoms with E-state index < -0.39 is 17.7 Å². The SMILES string of the molecule is CC(NC(=O)c1ccc(NC(=O)c2ccccc2)cc1)c1ccc(F)c(F)c1. The van der Waals surface area contributed by atoms with Crippen LogP contribution in [0.4, 0.5) is 14.5 Å². The highest BCUT2D eigenvalue weighted by Gasteiger charge is 2.14. The summed E-state index contributed by atoms with van der Waals surface area (Å²) in [6, 6.07) is 18.2. The number of hydrogen-bond acceptors (Lipinski definition) is 2. The number of nitrogens with one attached hydrogen (secondary N) is 2. The quantitative estimate of drug-likeness (QED) is 0.674. The molecule has 0 radical (unpaired) electrons. The molecule has 4 nitrogen and oxygen atoms in total. The minimum atomic E-state index is -0.961. The van der Waals surface area contributed by atoms with Gasteiger partial charge < -0.3 is 10.6 Å². The largest absolute Gasteiger partial charge is 0.346 e. The van der Waals surface area contributed by atoms with Gasteiger partial charge in [-0.3, -0.25) is 9.59 Å². The average molecular weight is 380 g/mol. The molecule has 6 heteroatoms. The molecule has 0 saturated heterocycles. The number of carbonyl (C=O) groups is 2. The fourth-order valence-electron chi connectivity index (χ4n) is 2.64. The van der Waals surface area contributed by atoms with Crippen LogP contribution >= 0.6 is 0 Å². The molecule has 0 aromatic heterocycles. The van der Waals surface area contributed by atoms with Crippen LogP contribution in [0.2, 0.25) is 0 Å². The first-order valence-corrected chi connectivity index (χ1v) is 8.66. The minimum Gasteiger partial charge on any atom is -0.346 e. The lowest BCUT2D eigenvalue weighted by Crippen LogP contribution is -2.26. The normalized spacial score (nSPS) is 11.5. The lowest BCUT2D eigenvalue weighted by atomic mass is 10.1. The Bertz CT molecular complexity index is 989. The maximum absolute atomic E-state index is 13.3. The predicted molar refractivity (Wildman–Crippen MR) is 103 cm³/mol. The molecule has 0 saturated carbocycles. The Morgan fingerprint density at radius 1 is 0.786 bits per heavy atom. The van der Waals surface area contributed by atoms with Gasteiger partial charge in [-0.15, -0.1) is 0 Å². The van der Waals surface area contributed by atoms with Crippen LogP contribution in [0.15, 0.2) is 72.8 Å². The van der Waals surface area contributed by atoms with Crippen molar-refractivity contribution in [1.82, 2.24) is 5.32 Å². The molecule has 3 rings (SSSR count). The summed E-state index contributed by atoms with van der Waals surface area (Å²) in [7, 11) is 0. The van der Waals surface area contributed by atoms with Crippen molar-refractivity contribution >= 4 is 17.5 Å². The van der Waals surface area contributed by atoms with Gasteiger partial charge in [0.2, 0.25) is 0 Å². The van der Waals surface area contributed by atoms with Crippen molar-refractivity contribution in [2.24, 2.45) is 0 Å². The van der Waals surface area contributed by atoms with Crippen LogP contribution in [0.3, 0.4) is 0 Å². The van der Waals surface area contributed by atoms with Gasteiger partial charge in [0.25, 0.3) is 11.8 Å². The molecule has 0 heterocycles. The molecule has 0 aliphatic rings. The molecule has 2 N–H and O–H groups in total. The van der Waals surface area contributed by atoms with Crippen LogP contribution in [0.5, 0.6) is 0 Å². The highest BCUT2D eigenvalue weighted by Crippen LogP contribution is 2.17. The van der Waals surface area contributed by atoms with Gasteiger partial charge in [0.05, 0.1) is 6.04 Å². The molecular formula is C22H18F2N2O2. The Labute approximate surface area is 161 Å². The van der Waals surface area contributed by atoms with Crippen LogP contribution in [-0.2, 0) is 0 Å². The highest BCUT2D eigenvalue weighted by atomic mass is 19.2. The molecule has 0 aliphatic carbocycles. The van der Waals surface area contributed by atoms with Crippen molar-refractivity contribution in [3.63, 3.8) is 0 Å². The molecule has 142 valence electrons. The van der Waals surface area contributed by atoms with Crippen LogP contribution in [0.25, 0.3) is 0 Å². The zero-order valence-corrected chi connectivity index (χ0v) is 15.1. The lowest BCUT2D eigenvalue weighted by Gasteiger charge is -2.15. The third-order valence-corrected chi connectivity index (χ3v) is 4.23. The number of amides is 2. The summed E-state index contributed by atoms with van der Waals surface area (Å²) in [5.41, 5.74) is 1.93. The van der Waals surface area contributed by atoms with Crippen LogP contribution in [0, 0.1) is 11.6 Å². The zero-order valence-electron chi connectivity index (χ0n) is 15.1. The van der Waals surface area contributed by atoms with E-state index in [1.54, 1.807) is 55.5 Å². The van der Waals surface area contributed by atoms with E-state index in [9.17, 15) is 18.4 Å². The third kappa shape index (κ3) is 4.59. The number of rotatable bonds is 5. The number of hydrogen-bond donors (Lipinski definition) is 2. The first-order valence-electron chi connectivity index (χ1n) is 8.66. The van der Waals surface area contributed by atoms with Crippen molar-refractivity contribution in [2.45, 2.75) is 13.0 Å². The van der Waals surface area contributed by atoms with E-state index in [1.165, 1.54) is 6.07 Å². The maximum atomic E-state index is 13.3. The van der Waals surface area contributed by atoms with Crippen molar-refractivity contribution in [3.05, 3.63) is 101 Å². The van der Waals surface area contributed by atoms with Gasteiger partial charge in [0.15, 0.2) is 11.6 Å². The van der Waals surface area contributed by atoms with E-state index in [0.717, 1.165) is 12.1 Å². The monoisotopic (exact) mass is 380 g/mol. The lowest BCUT2D eigenvalue weighted by molar-refractivity contribution is 0.0939. The van der Waals surface area contributed by atoms with E-state index in [0.29, 0.717) is 22.4 Å². The van der Waals surface area contributed by atoms with Crippen molar-refractivity contribution in [3.8, 4) is 0 Å². The molecule has 0 aliphatic heterocycles. The van der Waals surface area contributed by atoms with Gasteiger partial charge in [-0.25, -0.2) is 8.78 Å². The van der Waals surface area contributed by atoms with Crippen LogP contribution in [0.1, 0.15) is 39.2 Å². The molecule has 1 atom stereocenters. The second kappa shape index (κ2) is 8.43. The average Bonchev–Trinajstić information content (AvgIpc) is 2.71. The summed E-state index contributed by atoms with van der Waals surface area (Å²) in [5.74, 6) is -2.50. The number of halogens is 2. The molecule has 2 amide bonds. The van der Waals surface area contributed by atoms with Crippen molar-refractivity contribution < 1.29 is 18.4 Å². The summed E-state index contributed by atoms with van der Waals surface area (Å²) >= 11 is 0. The van der Waals surface area contributed by atoms with Gasteiger partial charge >= 0.3 is 0 Å². The van der Waals surface area contributed by atoms with E-state index in [1.807, 2.05) is 6.07 Å². The van der Waals surface area contributed by atoms with E-state index in [-0.39, 0.29) is 11.8 Å². The summed E-state index contributed by atoms with van der Waals surface area (Å²) in [6.07, 6.45) is 0. The molecule has 0 spiro atoms. The Kier molecular flexibility index (Phi) is 5.79. The Morgan fingerprint density at radius 2 is 1.43 bits per heavy atom. The first kappa shape index (κ1) is 19.2. The van der Waals surface area contributed by atoms with Gasteiger partial charge in [-0.05, 0) is 61.0 Å². The van der Waals surface area contributed by atoms with Gasteiger partial charge in [-0.2, -0.15) is 0 Å². The molecule has 1 unspecified atom stereocenters. The second-order valence-electron chi connectivity index (χ2n) is 6.27. The van der Waals surface area contributed by atoms with E-state index >= 15 is 0 Å². The summed E-state index contributed by atoms with van der Waals surface area (Å²) < 4.78 is 26.4. The maximum Gasteiger partial charge on any atom is 0.255 e. The van der Waals surface area contributed by atoms with Gasteiger partial charge in [0, 0.05) is 16.8 Å². The van der Waals surface area contributed by atoms with Crippen molar-refractivity contribution in [1.29, 1.82) is 0 Å². The van der Waals surface area contributed by atoms with Crippen molar-refractivity contribution in [2.75, 3.05) is 5.32 Å². The molecule has 0 bridgehead atoms. The van der Waals surface area contributed by atoms with Gasteiger partial charge in [-0.1, -0.05) is 24.3 Å². The smallest absolute Gasteiger partial charge is 0.255 e. The van der Waals surface area contributed by atoms with E-state index in [4.69, 9.17) is 0 Å². The Hall–Kier alpha value is -3.54. The number of carbonyl (C=O) groups excluding carboxylic acids is 2. The fraction of sp³-hybridized carbons (Fsp3) is 0.0909. The van der Waals surface area contributed by atoms with Crippen LogP contribution < -0.4 is 10.6 Å². The summed E-state index contributed by atoms with van der Waals surface area (Å²) in [4.78, 5) is 24.5. The predicted octanol–water partition coefficient (Wildman–Crippen LogP) is 4.71. The number of benzene rings is 3. The Morgan fingerprint density at radius 3 is 2.07 bits per heavy atom. The van der Waals surface area contributed by atoms with E-state index in [2.05, 4.69) is 10.6 Å². The third-order valence-electron chi connectivity index (χ3n) is 4.23. The highest BCUT2D eigenvalue weighted by molar-refractivity contribution is 6.04. The van der Waals surface area contributed by atoms with Gasteiger partial charge in [0.1, 0.15) is 0 Å². The Balaban J connectivity index is 1.63. The molecular weight excluding hydrogens is 362 g/mol. The first-order chi connectivity index (χ1) is 13.4.